The minimum Gasteiger partial charge on any atom is -0.481 e. The van der Waals surface area contributed by atoms with E-state index >= 15 is 0 Å². The zero-order chi connectivity index (χ0) is 13.7. The molecule has 3 N–H and O–H groups in total. The van der Waals surface area contributed by atoms with Gasteiger partial charge < -0.3 is 15.4 Å². The summed E-state index contributed by atoms with van der Waals surface area (Å²) >= 11 is 0. The topological polar surface area (TPSA) is 95.1 Å². The Kier molecular flexibility index (Phi) is 3.92. The van der Waals surface area contributed by atoms with Gasteiger partial charge >= 0.3 is 5.97 Å². The van der Waals surface area contributed by atoms with Crippen molar-refractivity contribution >= 4 is 17.5 Å². The lowest BCUT2D eigenvalue weighted by Gasteiger charge is -2.07. The standard InChI is InChI=1S/C13H13N3O3/c17-11-4-6-15-12(8-11)16-10-3-5-14-9(7-10)1-2-13(18)19/h3-8H,1-2H2,(H,18,19)(H2,14,15,16,17). The van der Waals surface area contributed by atoms with Crippen LogP contribution in [-0.4, -0.2) is 21.0 Å². The van der Waals surface area contributed by atoms with Crippen LogP contribution in [-0.2, 0) is 11.2 Å². The van der Waals surface area contributed by atoms with E-state index in [2.05, 4.69) is 15.3 Å². The van der Waals surface area contributed by atoms with E-state index in [1.54, 1.807) is 24.5 Å². The van der Waals surface area contributed by atoms with Gasteiger partial charge in [0.05, 0.1) is 6.42 Å². The number of carboxylic acid groups (broad SMARTS) is 1. The first kappa shape index (κ1) is 12.8. The fourth-order valence-corrected chi connectivity index (χ4v) is 1.60. The van der Waals surface area contributed by atoms with Crippen LogP contribution < -0.4 is 10.7 Å². The molecule has 0 spiro atoms. The third kappa shape index (κ3) is 3.95. The second-order valence-corrected chi connectivity index (χ2v) is 3.99. The highest BCUT2D eigenvalue weighted by Crippen LogP contribution is 2.14. The first-order valence-electron chi connectivity index (χ1n) is 5.76. The minimum absolute atomic E-state index is 0.0403. The van der Waals surface area contributed by atoms with Crippen LogP contribution >= 0.6 is 0 Å². The SMILES string of the molecule is O=C(O)CCc1cc(Nc2cc(=O)cc[nH]2)ccn1. The average molecular weight is 259 g/mol. The van der Waals surface area contributed by atoms with Crippen molar-refractivity contribution in [1.82, 2.24) is 9.97 Å². The number of carbonyl (C=O) groups is 1. The molecule has 6 nitrogen and oxygen atoms in total. The summed E-state index contributed by atoms with van der Waals surface area (Å²) in [6.07, 6.45) is 3.56. The van der Waals surface area contributed by atoms with Crippen molar-refractivity contribution < 1.29 is 9.90 Å². The number of aromatic amines is 1. The predicted octanol–water partition coefficient (Wildman–Crippen LogP) is 1.53. The molecule has 0 amide bonds. The van der Waals surface area contributed by atoms with Crippen LogP contribution in [0.5, 0.6) is 0 Å². The fourth-order valence-electron chi connectivity index (χ4n) is 1.60. The molecule has 2 rings (SSSR count). The van der Waals surface area contributed by atoms with E-state index in [-0.39, 0.29) is 11.8 Å². The van der Waals surface area contributed by atoms with Gasteiger partial charge in [-0.15, -0.1) is 0 Å². The molecule has 19 heavy (non-hydrogen) atoms. The molecule has 2 aromatic heterocycles. The Hall–Kier alpha value is -2.63. The van der Waals surface area contributed by atoms with Gasteiger partial charge in [0.2, 0.25) is 0 Å². The van der Waals surface area contributed by atoms with Gasteiger partial charge in [-0.25, -0.2) is 0 Å². The third-order valence-electron chi connectivity index (χ3n) is 2.46. The molecule has 98 valence electrons. The number of aromatic nitrogens is 2. The van der Waals surface area contributed by atoms with E-state index < -0.39 is 5.97 Å². The molecular formula is C13H13N3O3. The van der Waals surface area contributed by atoms with E-state index in [0.717, 1.165) is 5.69 Å². The van der Waals surface area contributed by atoms with Gasteiger partial charge in [0, 0.05) is 42.3 Å². The molecule has 0 atom stereocenters. The van der Waals surface area contributed by atoms with Gasteiger partial charge in [-0.05, 0) is 12.1 Å². The summed E-state index contributed by atoms with van der Waals surface area (Å²) < 4.78 is 0. The zero-order valence-corrected chi connectivity index (χ0v) is 10.1. The maximum absolute atomic E-state index is 11.2. The lowest BCUT2D eigenvalue weighted by molar-refractivity contribution is -0.136. The molecule has 0 fully saturated rings. The number of nitrogens with one attached hydrogen (secondary N) is 2. The highest BCUT2D eigenvalue weighted by atomic mass is 16.4. The molecule has 0 aliphatic rings. The van der Waals surface area contributed by atoms with Gasteiger partial charge in [-0.2, -0.15) is 0 Å². The number of hydrogen-bond donors (Lipinski definition) is 3. The number of aliphatic carboxylic acids is 1. The average Bonchev–Trinajstić information content (AvgIpc) is 2.37. The zero-order valence-electron chi connectivity index (χ0n) is 10.1. The molecule has 0 radical (unpaired) electrons. The van der Waals surface area contributed by atoms with E-state index in [1.807, 2.05) is 0 Å². The van der Waals surface area contributed by atoms with Crippen molar-refractivity contribution in [3.05, 3.63) is 52.6 Å². The number of H-pyrrole nitrogens is 1. The Morgan fingerprint density at radius 2 is 2.21 bits per heavy atom. The molecule has 0 saturated heterocycles. The number of carboxylic acids is 1. The number of pyridine rings is 2. The highest BCUT2D eigenvalue weighted by Gasteiger charge is 2.02. The van der Waals surface area contributed by atoms with Crippen molar-refractivity contribution in [2.75, 3.05) is 5.32 Å². The first-order chi connectivity index (χ1) is 9.13. The Labute approximate surface area is 109 Å². The van der Waals surface area contributed by atoms with Gasteiger partial charge in [-0.1, -0.05) is 0 Å². The van der Waals surface area contributed by atoms with Crippen molar-refractivity contribution in [2.45, 2.75) is 12.8 Å². The normalized spacial score (nSPS) is 10.1. The minimum atomic E-state index is -0.854. The molecule has 0 bridgehead atoms. The molecular weight excluding hydrogens is 246 g/mol. The Bertz CT molecular complexity index is 637. The molecule has 0 aromatic carbocycles. The second-order valence-electron chi connectivity index (χ2n) is 3.99. The summed E-state index contributed by atoms with van der Waals surface area (Å²) in [4.78, 5) is 28.7. The number of nitrogens with zero attached hydrogens (tertiary/aromatic N) is 1. The van der Waals surface area contributed by atoms with E-state index in [9.17, 15) is 9.59 Å². The molecule has 2 aromatic rings. The van der Waals surface area contributed by atoms with Crippen LogP contribution in [0.25, 0.3) is 0 Å². The summed E-state index contributed by atoms with van der Waals surface area (Å²) in [5.74, 6) is -0.282. The predicted molar refractivity (Wildman–Crippen MR) is 70.5 cm³/mol. The van der Waals surface area contributed by atoms with Gasteiger partial charge in [0.15, 0.2) is 5.43 Å². The number of aryl methyl sites for hydroxylation is 1. The van der Waals surface area contributed by atoms with Crippen LogP contribution in [0.1, 0.15) is 12.1 Å². The van der Waals surface area contributed by atoms with E-state index in [1.165, 1.54) is 12.1 Å². The maximum atomic E-state index is 11.2. The maximum Gasteiger partial charge on any atom is 0.303 e. The molecule has 6 heteroatoms. The number of hydrogen-bond acceptors (Lipinski definition) is 4. The van der Waals surface area contributed by atoms with Gasteiger partial charge in [0.25, 0.3) is 0 Å². The quantitative estimate of drug-likeness (QED) is 0.756. The summed E-state index contributed by atoms with van der Waals surface area (Å²) in [7, 11) is 0. The molecule has 0 unspecified atom stereocenters. The Morgan fingerprint density at radius 3 is 2.95 bits per heavy atom. The van der Waals surface area contributed by atoms with Crippen molar-refractivity contribution in [2.24, 2.45) is 0 Å². The van der Waals surface area contributed by atoms with Crippen molar-refractivity contribution in [1.29, 1.82) is 0 Å². The van der Waals surface area contributed by atoms with Crippen LogP contribution in [0.3, 0.4) is 0 Å². The second kappa shape index (κ2) is 5.81. The third-order valence-corrected chi connectivity index (χ3v) is 2.46. The van der Waals surface area contributed by atoms with E-state index in [0.29, 0.717) is 17.9 Å². The van der Waals surface area contributed by atoms with Crippen LogP contribution in [0.15, 0.2) is 41.5 Å². The molecule has 0 aliphatic heterocycles. The Morgan fingerprint density at radius 1 is 1.37 bits per heavy atom. The van der Waals surface area contributed by atoms with Gasteiger partial charge in [0.1, 0.15) is 5.82 Å². The largest absolute Gasteiger partial charge is 0.481 e. The number of rotatable bonds is 5. The Balaban J connectivity index is 2.10. The molecule has 2 heterocycles. The van der Waals surface area contributed by atoms with E-state index in [4.69, 9.17) is 5.11 Å². The molecule has 0 saturated carbocycles. The highest BCUT2D eigenvalue weighted by molar-refractivity contribution is 5.67. The summed E-state index contributed by atoms with van der Waals surface area (Å²) in [5, 5.41) is 11.7. The fraction of sp³-hybridized carbons (Fsp3) is 0.154. The van der Waals surface area contributed by atoms with Crippen molar-refractivity contribution in [3.63, 3.8) is 0 Å². The smallest absolute Gasteiger partial charge is 0.303 e. The van der Waals surface area contributed by atoms with Crippen molar-refractivity contribution in [3.8, 4) is 0 Å². The number of anilines is 2. The summed E-state index contributed by atoms with van der Waals surface area (Å²) in [6.45, 7) is 0. The monoisotopic (exact) mass is 259 g/mol. The van der Waals surface area contributed by atoms with Crippen LogP contribution in [0.2, 0.25) is 0 Å². The first-order valence-corrected chi connectivity index (χ1v) is 5.76. The molecule has 0 aliphatic carbocycles. The van der Waals surface area contributed by atoms with Crippen LogP contribution in [0.4, 0.5) is 11.5 Å². The lowest BCUT2D eigenvalue weighted by Crippen LogP contribution is -2.03. The lowest BCUT2D eigenvalue weighted by atomic mass is 10.2. The van der Waals surface area contributed by atoms with Gasteiger partial charge in [-0.3, -0.25) is 14.6 Å². The summed E-state index contributed by atoms with van der Waals surface area (Å²) in [6, 6.07) is 6.37. The van der Waals surface area contributed by atoms with Crippen LogP contribution in [0, 0.1) is 0 Å². The summed E-state index contributed by atoms with van der Waals surface area (Å²) in [5.41, 5.74) is 1.34.